The van der Waals surface area contributed by atoms with E-state index in [2.05, 4.69) is 5.32 Å². The van der Waals surface area contributed by atoms with E-state index < -0.39 is 0 Å². The third kappa shape index (κ3) is 2.19. The zero-order valence-corrected chi connectivity index (χ0v) is 7.63. The van der Waals surface area contributed by atoms with Crippen molar-refractivity contribution in [3.05, 3.63) is 29.6 Å². The van der Waals surface area contributed by atoms with Gasteiger partial charge in [-0.2, -0.15) is 5.26 Å². The monoisotopic (exact) mass is 178 g/mol. The molecule has 68 valence electrons. The van der Waals surface area contributed by atoms with Crippen LogP contribution in [0.4, 0.5) is 10.1 Å². The van der Waals surface area contributed by atoms with Gasteiger partial charge in [0.05, 0.1) is 6.07 Å². The maximum atomic E-state index is 13.0. The maximum absolute atomic E-state index is 13.0. The summed E-state index contributed by atoms with van der Waals surface area (Å²) in [6.45, 7) is 3.41. The van der Waals surface area contributed by atoms with Gasteiger partial charge >= 0.3 is 0 Å². The highest BCUT2D eigenvalue weighted by Crippen LogP contribution is 2.17. The minimum Gasteiger partial charge on any atom is -0.370 e. The van der Waals surface area contributed by atoms with Crippen molar-refractivity contribution in [1.29, 1.82) is 5.26 Å². The van der Waals surface area contributed by atoms with E-state index >= 15 is 0 Å². The Morgan fingerprint density at radius 2 is 2.23 bits per heavy atom. The quantitative estimate of drug-likeness (QED) is 0.755. The lowest BCUT2D eigenvalue weighted by Crippen LogP contribution is -2.13. The molecule has 0 bridgehead atoms. The number of anilines is 1. The lowest BCUT2D eigenvalue weighted by atomic mass is 10.2. The summed E-state index contributed by atoms with van der Waals surface area (Å²) < 4.78 is 13.0. The standard InChI is InChI=1S/C10H11FN2/c1-7(6-12)13-10-5-3-4-9(11)8(10)2/h3-5,7,13H,1-2H3. The van der Waals surface area contributed by atoms with Crippen molar-refractivity contribution >= 4 is 5.69 Å². The van der Waals surface area contributed by atoms with Crippen LogP contribution in [0.1, 0.15) is 12.5 Å². The Bertz CT molecular complexity index is 341. The van der Waals surface area contributed by atoms with Crippen LogP contribution in [-0.2, 0) is 0 Å². The van der Waals surface area contributed by atoms with Crippen LogP contribution in [0.25, 0.3) is 0 Å². The molecule has 2 nitrogen and oxygen atoms in total. The van der Waals surface area contributed by atoms with E-state index in [0.717, 1.165) is 0 Å². The summed E-state index contributed by atoms with van der Waals surface area (Å²) in [5.74, 6) is -0.255. The summed E-state index contributed by atoms with van der Waals surface area (Å²) in [5.41, 5.74) is 1.22. The fourth-order valence-corrected chi connectivity index (χ4v) is 1.03. The minimum atomic E-state index is -0.305. The molecule has 1 aromatic rings. The number of rotatable bonds is 2. The molecule has 1 N–H and O–H groups in total. The van der Waals surface area contributed by atoms with Gasteiger partial charge < -0.3 is 5.32 Å². The number of hydrogen-bond acceptors (Lipinski definition) is 2. The van der Waals surface area contributed by atoms with Gasteiger partial charge in [0.25, 0.3) is 0 Å². The van der Waals surface area contributed by atoms with Gasteiger partial charge in [0.15, 0.2) is 0 Å². The predicted octanol–water partition coefficient (Wildman–Crippen LogP) is 2.46. The molecule has 0 saturated carbocycles. The van der Waals surface area contributed by atoms with Crippen molar-refractivity contribution < 1.29 is 4.39 Å². The first-order chi connectivity index (χ1) is 6.15. The summed E-state index contributed by atoms with van der Waals surface area (Å²) in [4.78, 5) is 0. The molecule has 1 unspecified atom stereocenters. The van der Waals surface area contributed by atoms with Crippen LogP contribution in [0.2, 0.25) is 0 Å². The number of benzene rings is 1. The van der Waals surface area contributed by atoms with Crippen LogP contribution in [0.5, 0.6) is 0 Å². The third-order valence-corrected chi connectivity index (χ3v) is 1.83. The van der Waals surface area contributed by atoms with Crippen LogP contribution in [-0.4, -0.2) is 6.04 Å². The van der Waals surface area contributed by atoms with Gasteiger partial charge in [-0.15, -0.1) is 0 Å². The summed E-state index contributed by atoms with van der Waals surface area (Å²) in [6, 6.07) is 6.50. The molecule has 0 spiro atoms. The zero-order valence-electron chi connectivity index (χ0n) is 7.63. The molecule has 0 aromatic heterocycles. The summed E-state index contributed by atoms with van der Waals surface area (Å²) >= 11 is 0. The zero-order chi connectivity index (χ0) is 9.84. The van der Waals surface area contributed by atoms with Crippen molar-refractivity contribution in [3.8, 4) is 6.07 Å². The van der Waals surface area contributed by atoms with E-state index in [-0.39, 0.29) is 11.9 Å². The fraction of sp³-hybridized carbons (Fsp3) is 0.300. The van der Waals surface area contributed by atoms with Gasteiger partial charge in [0.2, 0.25) is 0 Å². The molecule has 0 radical (unpaired) electrons. The van der Waals surface area contributed by atoms with Crippen molar-refractivity contribution in [2.45, 2.75) is 19.9 Å². The van der Waals surface area contributed by atoms with Gasteiger partial charge in [0.1, 0.15) is 11.9 Å². The molecule has 0 heterocycles. The van der Waals surface area contributed by atoms with Crippen molar-refractivity contribution in [2.24, 2.45) is 0 Å². The number of nitriles is 1. The second-order valence-electron chi connectivity index (χ2n) is 2.91. The first kappa shape index (κ1) is 9.53. The van der Waals surface area contributed by atoms with E-state index in [0.29, 0.717) is 11.3 Å². The van der Waals surface area contributed by atoms with Gasteiger partial charge in [-0.1, -0.05) is 6.07 Å². The minimum absolute atomic E-state index is 0.255. The highest BCUT2D eigenvalue weighted by molar-refractivity contribution is 5.52. The van der Waals surface area contributed by atoms with Gasteiger partial charge in [-0.25, -0.2) is 4.39 Å². The molecule has 13 heavy (non-hydrogen) atoms. The van der Waals surface area contributed by atoms with Crippen molar-refractivity contribution in [2.75, 3.05) is 5.32 Å². The second kappa shape index (κ2) is 3.90. The average molecular weight is 178 g/mol. The number of nitrogens with zero attached hydrogens (tertiary/aromatic N) is 1. The van der Waals surface area contributed by atoms with E-state index in [1.165, 1.54) is 6.07 Å². The maximum Gasteiger partial charge on any atom is 0.128 e. The Kier molecular flexibility index (Phi) is 2.86. The highest BCUT2D eigenvalue weighted by atomic mass is 19.1. The van der Waals surface area contributed by atoms with Gasteiger partial charge in [-0.3, -0.25) is 0 Å². The van der Waals surface area contributed by atoms with E-state index in [1.54, 1.807) is 26.0 Å². The number of nitrogens with one attached hydrogen (secondary N) is 1. The Balaban J connectivity index is 2.90. The molecule has 1 rings (SSSR count). The predicted molar refractivity (Wildman–Crippen MR) is 49.8 cm³/mol. The molecule has 1 atom stereocenters. The normalized spacial score (nSPS) is 11.8. The molecule has 0 saturated heterocycles. The molecule has 1 aromatic carbocycles. The van der Waals surface area contributed by atoms with Crippen molar-refractivity contribution in [1.82, 2.24) is 0 Å². The Morgan fingerprint density at radius 1 is 1.54 bits per heavy atom. The fourth-order valence-electron chi connectivity index (χ4n) is 1.03. The lowest BCUT2D eigenvalue weighted by molar-refractivity contribution is 0.619. The first-order valence-corrected chi connectivity index (χ1v) is 4.06. The Hall–Kier alpha value is -1.56. The lowest BCUT2D eigenvalue weighted by Gasteiger charge is -2.10. The number of halogens is 1. The van der Waals surface area contributed by atoms with Crippen LogP contribution < -0.4 is 5.32 Å². The van der Waals surface area contributed by atoms with Crippen LogP contribution in [0.15, 0.2) is 18.2 Å². The topological polar surface area (TPSA) is 35.8 Å². The van der Waals surface area contributed by atoms with Crippen LogP contribution in [0.3, 0.4) is 0 Å². The summed E-state index contributed by atoms with van der Waals surface area (Å²) in [7, 11) is 0. The Morgan fingerprint density at radius 3 is 2.85 bits per heavy atom. The molecule has 0 aliphatic carbocycles. The van der Waals surface area contributed by atoms with E-state index in [9.17, 15) is 4.39 Å². The molecule has 0 amide bonds. The Labute approximate surface area is 77.0 Å². The smallest absolute Gasteiger partial charge is 0.128 e. The highest BCUT2D eigenvalue weighted by Gasteiger charge is 2.05. The van der Waals surface area contributed by atoms with Gasteiger partial charge in [-0.05, 0) is 26.0 Å². The molecular formula is C10H11FN2. The van der Waals surface area contributed by atoms with Crippen molar-refractivity contribution in [3.63, 3.8) is 0 Å². The molecular weight excluding hydrogens is 167 g/mol. The molecule has 0 aliphatic heterocycles. The van der Waals surface area contributed by atoms with E-state index in [4.69, 9.17) is 5.26 Å². The van der Waals surface area contributed by atoms with Crippen LogP contribution >= 0.6 is 0 Å². The third-order valence-electron chi connectivity index (χ3n) is 1.83. The summed E-state index contributed by atoms with van der Waals surface area (Å²) in [6.07, 6.45) is 0. The van der Waals surface area contributed by atoms with E-state index in [1.807, 2.05) is 6.07 Å². The average Bonchev–Trinajstić information content (AvgIpc) is 2.13. The SMILES string of the molecule is Cc1c(F)cccc1NC(C)C#N. The second-order valence-corrected chi connectivity index (χ2v) is 2.91. The number of hydrogen-bond donors (Lipinski definition) is 1. The largest absolute Gasteiger partial charge is 0.370 e. The summed E-state index contributed by atoms with van der Waals surface area (Å²) in [5, 5.41) is 11.4. The molecule has 3 heteroatoms. The molecule has 0 fully saturated rings. The van der Waals surface area contributed by atoms with Crippen LogP contribution in [0, 0.1) is 24.1 Å². The van der Waals surface area contributed by atoms with Gasteiger partial charge in [0, 0.05) is 11.3 Å². The first-order valence-electron chi connectivity index (χ1n) is 4.06. The molecule has 0 aliphatic rings.